The third kappa shape index (κ3) is 3.25. The van der Waals surface area contributed by atoms with E-state index >= 15 is 0 Å². The molecule has 1 aliphatic rings. The van der Waals surface area contributed by atoms with E-state index in [-0.39, 0.29) is 0 Å². The molecule has 0 aromatic heterocycles. The molecule has 0 saturated carbocycles. The SMILES string of the molecule is CC(Cc1ccccc1)NCC1CSc2ccccc21. The van der Waals surface area contributed by atoms with Gasteiger partial charge in [0.2, 0.25) is 0 Å². The van der Waals surface area contributed by atoms with Crippen LogP contribution in [-0.4, -0.2) is 18.3 Å². The Morgan fingerprint density at radius 1 is 1.10 bits per heavy atom. The minimum absolute atomic E-state index is 0.523. The van der Waals surface area contributed by atoms with Crippen molar-refractivity contribution in [3.05, 3.63) is 65.7 Å². The Kier molecular flexibility index (Phi) is 4.44. The summed E-state index contributed by atoms with van der Waals surface area (Å²) in [4.78, 5) is 1.47. The summed E-state index contributed by atoms with van der Waals surface area (Å²) in [6.45, 7) is 3.36. The second kappa shape index (κ2) is 6.47. The van der Waals surface area contributed by atoms with Crippen molar-refractivity contribution in [3.63, 3.8) is 0 Å². The summed E-state index contributed by atoms with van der Waals surface area (Å²) in [6, 6.07) is 20.1. The van der Waals surface area contributed by atoms with Gasteiger partial charge in [0, 0.05) is 29.2 Å². The van der Waals surface area contributed by atoms with E-state index in [0.29, 0.717) is 12.0 Å². The molecule has 1 heterocycles. The van der Waals surface area contributed by atoms with Crippen molar-refractivity contribution in [2.24, 2.45) is 0 Å². The van der Waals surface area contributed by atoms with Gasteiger partial charge >= 0.3 is 0 Å². The fraction of sp³-hybridized carbons (Fsp3) is 0.333. The molecule has 0 radical (unpaired) electrons. The van der Waals surface area contributed by atoms with Crippen molar-refractivity contribution < 1.29 is 0 Å². The second-order valence-electron chi connectivity index (χ2n) is 5.54. The smallest absolute Gasteiger partial charge is 0.0108 e. The number of hydrogen-bond donors (Lipinski definition) is 1. The van der Waals surface area contributed by atoms with Crippen LogP contribution in [0.25, 0.3) is 0 Å². The van der Waals surface area contributed by atoms with Crippen LogP contribution in [-0.2, 0) is 6.42 Å². The largest absolute Gasteiger partial charge is 0.313 e. The highest BCUT2D eigenvalue weighted by Crippen LogP contribution is 2.38. The first-order chi connectivity index (χ1) is 9.83. The van der Waals surface area contributed by atoms with Gasteiger partial charge in [0.25, 0.3) is 0 Å². The molecule has 1 nitrogen and oxygen atoms in total. The Hall–Kier alpha value is -1.25. The van der Waals surface area contributed by atoms with Crippen LogP contribution in [0.15, 0.2) is 59.5 Å². The number of thioether (sulfide) groups is 1. The Labute approximate surface area is 125 Å². The average Bonchev–Trinajstić information content (AvgIpc) is 2.89. The number of rotatable bonds is 5. The fourth-order valence-corrected chi connectivity index (χ4v) is 4.04. The Morgan fingerprint density at radius 2 is 1.85 bits per heavy atom. The van der Waals surface area contributed by atoms with E-state index in [1.165, 1.54) is 21.8 Å². The van der Waals surface area contributed by atoms with Gasteiger partial charge in [-0.25, -0.2) is 0 Å². The van der Waals surface area contributed by atoms with E-state index in [4.69, 9.17) is 0 Å². The zero-order valence-corrected chi connectivity index (χ0v) is 12.7. The molecule has 2 heteroatoms. The lowest BCUT2D eigenvalue weighted by molar-refractivity contribution is 0.519. The van der Waals surface area contributed by atoms with Gasteiger partial charge in [-0.2, -0.15) is 0 Å². The molecule has 104 valence electrons. The molecule has 2 atom stereocenters. The van der Waals surface area contributed by atoms with Crippen LogP contribution in [0.3, 0.4) is 0 Å². The van der Waals surface area contributed by atoms with Gasteiger partial charge in [-0.05, 0) is 30.5 Å². The van der Waals surface area contributed by atoms with Gasteiger partial charge in [-0.15, -0.1) is 11.8 Å². The van der Waals surface area contributed by atoms with Crippen LogP contribution in [0, 0.1) is 0 Å². The zero-order chi connectivity index (χ0) is 13.8. The van der Waals surface area contributed by atoms with Crippen molar-refractivity contribution in [1.82, 2.24) is 5.32 Å². The molecule has 2 aromatic rings. The lowest BCUT2D eigenvalue weighted by atomic mass is 10.0. The molecular formula is C18H21NS. The Morgan fingerprint density at radius 3 is 2.70 bits per heavy atom. The normalized spacial score (nSPS) is 18.8. The lowest BCUT2D eigenvalue weighted by Gasteiger charge is -2.17. The van der Waals surface area contributed by atoms with Crippen LogP contribution in [0.4, 0.5) is 0 Å². The van der Waals surface area contributed by atoms with E-state index in [9.17, 15) is 0 Å². The quantitative estimate of drug-likeness (QED) is 0.886. The highest BCUT2D eigenvalue weighted by Gasteiger charge is 2.22. The number of nitrogens with one attached hydrogen (secondary N) is 1. The first kappa shape index (κ1) is 13.7. The lowest BCUT2D eigenvalue weighted by Crippen LogP contribution is -2.32. The molecule has 0 amide bonds. The van der Waals surface area contributed by atoms with E-state index in [1.54, 1.807) is 0 Å². The number of hydrogen-bond acceptors (Lipinski definition) is 2. The van der Waals surface area contributed by atoms with Gasteiger partial charge < -0.3 is 5.32 Å². The zero-order valence-electron chi connectivity index (χ0n) is 11.9. The maximum absolute atomic E-state index is 3.70. The van der Waals surface area contributed by atoms with Gasteiger partial charge in [-0.1, -0.05) is 48.5 Å². The van der Waals surface area contributed by atoms with Crippen molar-refractivity contribution in [2.45, 2.75) is 30.2 Å². The fourth-order valence-electron chi connectivity index (χ4n) is 2.78. The van der Waals surface area contributed by atoms with Crippen molar-refractivity contribution >= 4 is 11.8 Å². The molecule has 0 spiro atoms. The van der Waals surface area contributed by atoms with Crippen molar-refractivity contribution in [1.29, 1.82) is 0 Å². The number of fused-ring (bicyclic) bond motifs is 1. The van der Waals surface area contributed by atoms with Gasteiger partial charge in [0.15, 0.2) is 0 Å². The molecule has 1 aliphatic heterocycles. The summed E-state index contributed by atoms with van der Waals surface area (Å²) in [5.74, 6) is 1.87. The maximum Gasteiger partial charge on any atom is 0.0108 e. The van der Waals surface area contributed by atoms with E-state index < -0.39 is 0 Å². The van der Waals surface area contributed by atoms with Gasteiger partial charge in [0.05, 0.1) is 0 Å². The van der Waals surface area contributed by atoms with Crippen LogP contribution in [0.1, 0.15) is 24.0 Å². The van der Waals surface area contributed by atoms with Gasteiger partial charge in [0.1, 0.15) is 0 Å². The van der Waals surface area contributed by atoms with E-state index in [0.717, 1.165) is 13.0 Å². The van der Waals surface area contributed by atoms with Crippen LogP contribution in [0.2, 0.25) is 0 Å². The molecule has 0 bridgehead atoms. The monoisotopic (exact) mass is 283 g/mol. The van der Waals surface area contributed by atoms with E-state index in [2.05, 4.69) is 66.8 Å². The summed E-state index contributed by atoms with van der Waals surface area (Å²) >= 11 is 1.99. The van der Waals surface area contributed by atoms with Crippen molar-refractivity contribution in [2.75, 3.05) is 12.3 Å². The Bertz CT molecular complexity index is 552. The minimum Gasteiger partial charge on any atom is -0.313 e. The molecule has 2 unspecified atom stereocenters. The molecular weight excluding hydrogens is 262 g/mol. The summed E-state index contributed by atoms with van der Waals surface area (Å²) in [5, 5.41) is 3.70. The second-order valence-corrected chi connectivity index (χ2v) is 6.61. The molecule has 20 heavy (non-hydrogen) atoms. The first-order valence-corrected chi connectivity index (χ1v) is 8.30. The predicted octanol–water partition coefficient (Wildman–Crippen LogP) is 4.10. The third-order valence-corrected chi connectivity index (χ3v) is 5.15. The summed E-state index contributed by atoms with van der Waals surface area (Å²) in [6.07, 6.45) is 1.10. The van der Waals surface area contributed by atoms with Crippen LogP contribution in [0.5, 0.6) is 0 Å². The van der Waals surface area contributed by atoms with Crippen LogP contribution < -0.4 is 5.32 Å². The minimum atomic E-state index is 0.523. The molecule has 0 fully saturated rings. The summed E-state index contributed by atoms with van der Waals surface area (Å²) in [5.41, 5.74) is 2.94. The summed E-state index contributed by atoms with van der Waals surface area (Å²) < 4.78 is 0. The third-order valence-electron chi connectivity index (χ3n) is 3.90. The standard InChI is InChI=1S/C18H21NS/c1-14(11-15-7-3-2-4-8-15)19-12-16-13-20-18-10-6-5-9-17(16)18/h2-10,14,16,19H,11-13H2,1H3. The first-order valence-electron chi connectivity index (χ1n) is 7.32. The predicted molar refractivity (Wildman–Crippen MR) is 87.5 cm³/mol. The van der Waals surface area contributed by atoms with Crippen LogP contribution >= 0.6 is 11.8 Å². The highest BCUT2D eigenvalue weighted by atomic mass is 32.2. The topological polar surface area (TPSA) is 12.0 Å². The molecule has 0 aliphatic carbocycles. The highest BCUT2D eigenvalue weighted by molar-refractivity contribution is 7.99. The Balaban J connectivity index is 1.53. The maximum atomic E-state index is 3.70. The molecule has 2 aromatic carbocycles. The van der Waals surface area contributed by atoms with Crippen molar-refractivity contribution in [3.8, 4) is 0 Å². The number of benzene rings is 2. The average molecular weight is 283 g/mol. The summed E-state index contributed by atoms with van der Waals surface area (Å²) in [7, 11) is 0. The molecule has 0 saturated heterocycles. The van der Waals surface area contributed by atoms with E-state index in [1.807, 2.05) is 11.8 Å². The molecule has 3 rings (SSSR count). The van der Waals surface area contributed by atoms with Gasteiger partial charge in [-0.3, -0.25) is 0 Å². The molecule has 1 N–H and O–H groups in total.